The van der Waals surface area contributed by atoms with Crippen molar-refractivity contribution in [1.29, 1.82) is 0 Å². The summed E-state index contributed by atoms with van der Waals surface area (Å²) in [5.74, 6) is 0.660. The first-order valence-electron chi connectivity index (χ1n) is 15.6. The maximum absolute atomic E-state index is 13.8. The second-order valence-electron chi connectivity index (χ2n) is 12.9. The smallest absolute Gasteiger partial charge is 0.276 e. The van der Waals surface area contributed by atoms with Gasteiger partial charge in [0.25, 0.3) is 11.5 Å². The van der Waals surface area contributed by atoms with E-state index in [9.17, 15) is 19.5 Å². The van der Waals surface area contributed by atoms with E-state index in [0.29, 0.717) is 53.0 Å². The number of aryl methyl sites for hydroxylation is 1. The van der Waals surface area contributed by atoms with Gasteiger partial charge in [0.1, 0.15) is 29.6 Å². The highest BCUT2D eigenvalue weighted by molar-refractivity contribution is 6.06. The number of hydrogen-bond donors (Lipinski definition) is 3. The van der Waals surface area contributed by atoms with E-state index in [4.69, 9.17) is 4.74 Å². The van der Waals surface area contributed by atoms with Crippen LogP contribution in [0, 0.1) is 5.41 Å². The zero-order valence-electron chi connectivity index (χ0n) is 27.0. The van der Waals surface area contributed by atoms with E-state index < -0.39 is 0 Å². The molecule has 1 aliphatic heterocycles. The minimum Gasteiger partial charge on any atom is -0.475 e. The molecule has 0 radical (unpaired) electrons. The van der Waals surface area contributed by atoms with Gasteiger partial charge in [-0.05, 0) is 66.6 Å². The number of nitrogens with one attached hydrogen (secondary N) is 2. The van der Waals surface area contributed by atoms with E-state index in [-0.39, 0.29) is 47.7 Å². The molecular formula is C35H39N7O5. The third-order valence-electron chi connectivity index (χ3n) is 8.61. The standard InChI is InChI=1S/C35H39N7O5/c1-6-30(44)37-21(2)20-47-31-9-7-8-29(39-31)38-26-14-23(18-40(5)33(26)45)24-10-11-36-32(25(24)19-43)42-13-12-41-27(34(42)46)15-22-16-35(3,4)17-28(22)41/h6-11,14-15,18,21,43H,1,12-13,16-17,19-20H2,2-5H3,(H,37,44)(H,38,39)/t21-/m0/s1. The van der Waals surface area contributed by atoms with Gasteiger partial charge in [0.05, 0.1) is 12.6 Å². The Labute approximate surface area is 272 Å². The van der Waals surface area contributed by atoms with Gasteiger partial charge in [-0.3, -0.25) is 19.3 Å². The van der Waals surface area contributed by atoms with Crippen LogP contribution in [0.5, 0.6) is 5.88 Å². The van der Waals surface area contributed by atoms with Crippen LogP contribution in [0.25, 0.3) is 11.1 Å². The zero-order valence-corrected chi connectivity index (χ0v) is 27.0. The second-order valence-corrected chi connectivity index (χ2v) is 12.9. The van der Waals surface area contributed by atoms with Crippen LogP contribution in [0.1, 0.15) is 48.1 Å². The molecule has 3 N–H and O–H groups in total. The number of aromatic nitrogens is 4. The molecule has 6 rings (SSSR count). The van der Waals surface area contributed by atoms with Crippen LogP contribution in [0.4, 0.5) is 17.3 Å². The lowest BCUT2D eigenvalue weighted by atomic mass is 9.90. The summed E-state index contributed by atoms with van der Waals surface area (Å²) in [5, 5.41) is 16.4. The van der Waals surface area contributed by atoms with Gasteiger partial charge in [-0.2, -0.15) is 4.98 Å². The van der Waals surface area contributed by atoms with Crippen molar-refractivity contribution < 1.29 is 19.4 Å². The number of nitrogens with zero attached hydrogens (tertiary/aromatic N) is 5. The first-order valence-corrected chi connectivity index (χ1v) is 15.6. The lowest BCUT2D eigenvalue weighted by molar-refractivity contribution is -0.117. The summed E-state index contributed by atoms with van der Waals surface area (Å²) in [6.07, 6.45) is 6.38. The molecule has 5 heterocycles. The molecule has 0 fully saturated rings. The van der Waals surface area contributed by atoms with Gasteiger partial charge in [0.2, 0.25) is 11.8 Å². The van der Waals surface area contributed by atoms with Crippen LogP contribution in [0.2, 0.25) is 0 Å². The van der Waals surface area contributed by atoms with Crippen molar-refractivity contribution in [2.24, 2.45) is 12.5 Å². The van der Waals surface area contributed by atoms with Crippen molar-refractivity contribution in [1.82, 2.24) is 24.4 Å². The minimum atomic E-state index is -0.355. The maximum Gasteiger partial charge on any atom is 0.276 e. The molecule has 4 aromatic rings. The highest BCUT2D eigenvalue weighted by atomic mass is 16.5. The number of amides is 2. The lowest BCUT2D eigenvalue weighted by Crippen LogP contribution is -2.41. The summed E-state index contributed by atoms with van der Waals surface area (Å²) in [5.41, 5.74) is 5.07. The molecular weight excluding hydrogens is 598 g/mol. The Morgan fingerprint density at radius 2 is 2.00 bits per heavy atom. The Morgan fingerprint density at radius 3 is 2.77 bits per heavy atom. The first-order chi connectivity index (χ1) is 22.5. The average Bonchev–Trinajstić information content (AvgIpc) is 3.54. The van der Waals surface area contributed by atoms with Gasteiger partial charge in [0.15, 0.2) is 0 Å². The molecule has 4 aromatic heterocycles. The third kappa shape index (κ3) is 6.28. The molecule has 2 aliphatic rings. The van der Waals surface area contributed by atoms with Crippen molar-refractivity contribution in [2.45, 2.75) is 52.8 Å². The highest BCUT2D eigenvalue weighted by Crippen LogP contribution is 2.40. The number of aliphatic hydroxyl groups excluding tert-OH is 1. The monoisotopic (exact) mass is 637 g/mol. The largest absolute Gasteiger partial charge is 0.475 e. The number of pyridine rings is 3. The molecule has 0 saturated heterocycles. The quantitative estimate of drug-likeness (QED) is 0.223. The second kappa shape index (κ2) is 12.5. The van der Waals surface area contributed by atoms with E-state index in [1.54, 1.807) is 61.6 Å². The van der Waals surface area contributed by atoms with Gasteiger partial charge in [-0.15, -0.1) is 0 Å². The summed E-state index contributed by atoms with van der Waals surface area (Å²) in [6, 6.07) is 10.3. The van der Waals surface area contributed by atoms with Gasteiger partial charge in [0, 0.05) is 55.4 Å². The van der Waals surface area contributed by atoms with E-state index >= 15 is 0 Å². The molecule has 0 bridgehead atoms. The van der Waals surface area contributed by atoms with Crippen LogP contribution in [-0.4, -0.2) is 55.2 Å². The summed E-state index contributed by atoms with van der Waals surface area (Å²) in [6.45, 7) is 10.7. The van der Waals surface area contributed by atoms with Crippen molar-refractivity contribution in [2.75, 3.05) is 23.4 Å². The molecule has 0 saturated carbocycles. The Hall–Kier alpha value is -5.23. The van der Waals surface area contributed by atoms with Crippen molar-refractivity contribution in [3.05, 3.63) is 94.3 Å². The Balaban J connectivity index is 1.26. The van der Waals surface area contributed by atoms with Gasteiger partial charge in [-0.25, -0.2) is 4.98 Å². The molecule has 47 heavy (non-hydrogen) atoms. The van der Waals surface area contributed by atoms with E-state index in [1.807, 2.05) is 6.07 Å². The van der Waals surface area contributed by atoms with E-state index in [2.05, 4.69) is 45.6 Å². The number of carbonyl (C=O) groups excluding carboxylic acids is 2. The number of ether oxygens (including phenoxy) is 1. The first kappa shape index (κ1) is 31.7. The van der Waals surface area contributed by atoms with Crippen LogP contribution in [0.15, 0.2) is 66.2 Å². The summed E-state index contributed by atoms with van der Waals surface area (Å²) in [4.78, 5) is 49.2. The molecule has 2 amide bonds. The molecule has 0 unspecified atom stereocenters. The molecule has 1 atom stereocenters. The predicted molar refractivity (Wildman–Crippen MR) is 179 cm³/mol. The van der Waals surface area contributed by atoms with E-state index in [0.717, 1.165) is 12.8 Å². The molecule has 1 aliphatic carbocycles. The molecule has 0 aromatic carbocycles. The number of carbonyl (C=O) groups is 2. The zero-order chi connectivity index (χ0) is 33.5. The Bertz CT molecular complexity index is 1940. The van der Waals surface area contributed by atoms with E-state index in [1.165, 1.54) is 21.9 Å². The van der Waals surface area contributed by atoms with Gasteiger partial charge < -0.3 is 29.6 Å². The fourth-order valence-electron chi connectivity index (χ4n) is 6.46. The minimum absolute atomic E-state index is 0.142. The van der Waals surface area contributed by atoms with Crippen molar-refractivity contribution in [3.63, 3.8) is 0 Å². The average molecular weight is 638 g/mol. The van der Waals surface area contributed by atoms with Crippen LogP contribution in [-0.2, 0) is 37.8 Å². The lowest BCUT2D eigenvalue weighted by Gasteiger charge is -2.31. The summed E-state index contributed by atoms with van der Waals surface area (Å²) < 4.78 is 9.34. The molecule has 12 nitrogen and oxygen atoms in total. The van der Waals surface area contributed by atoms with Crippen LogP contribution in [0.3, 0.4) is 0 Å². The summed E-state index contributed by atoms with van der Waals surface area (Å²) >= 11 is 0. The summed E-state index contributed by atoms with van der Waals surface area (Å²) in [7, 11) is 1.65. The third-order valence-corrected chi connectivity index (χ3v) is 8.61. The van der Waals surface area contributed by atoms with Gasteiger partial charge in [-0.1, -0.05) is 26.5 Å². The fourth-order valence-corrected chi connectivity index (χ4v) is 6.46. The molecule has 0 spiro atoms. The predicted octanol–water partition coefficient (Wildman–Crippen LogP) is 3.73. The number of aliphatic hydroxyl groups is 1. The molecule has 244 valence electrons. The highest BCUT2D eigenvalue weighted by Gasteiger charge is 2.37. The number of rotatable bonds is 10. The normalized spacial score (nSPS) is 15.5. The van der Waals surface area contributed by atoms with Crippen molar-refractivity contribution in [3.8, 4) is 17.0 Å². The Kier molecular flexibility index (Phi) is 8.45. The number of fused-ring (bicyclic) bond motifs is 3. The SMILES string of the molecule is C=CC(=O)N[C@@H](C)COc1cccc(Nc2cc(-c3ccnc(N4CCn5c(cc6c5CC(C)(C)C6)C4=O)c3CO)cn(C)c2=O)n1. The topological polar surface area (TPSA) is 144 Å². The van der Waals surface area contributed by atoms with Crippen molar-refractivity contribution >= 4 is 29.1 Å². The van der Waals surface area contributed by atoms with Crippen LogP contribution >= 0.6 is 0 Å². The molecule has 12 heteroatoms. The maximum atomic E-state index is 13.8. The fraction of sp³-hybridized carbons (Fsp3) is 0.343. The van der Waals surface area contributed by atoms with Gasteiger partial charge >= 0.3 is 0 Å². The number of hydrogen-bond acceptors (Lipinski definition) is 8. The van der Waals surface area contributed by atoms with Crippen LogP contribution < -0.4 is 25.8 Å². The Morgan fingerprint density at radius 1 is 1.19 bits per heavy atom. The number of anilines is 3.